The van der Waals surface area contributed by atoms with E-state index < -0.39 is 0 Å². The highest BCUT2D eigenvalue weighted by Crippen LogP contribution is 2.22. The molecule has 0 fully saturated rings. The Morgan fingerprint density at radius 3 is 2.76 bits per heavy atom. The van der Waals surface area contributed by atoms with Gasteiger partial charge in [0.05, 0.1) is 18.8 Å². The number of hydrogen-bond acceptors (Lipinski definition) is 3. The number of nitrogens with zero attached hydrogens (tertiary/aromatic N) is 3. The molecule has 1 aromatic heterocycles. The van der Waals surface area contributed by atoms with Gasteiger partial charge in [-0.15, -0.1) is 0 Å². The first-order valence-electron chi connectivity index (χ1n) is 8.94. The Morgan fingerprint density at radius 1 is 1.28 bits per heavy atom. The molecule has 0 atom stereocenters. The Labute approximate surface area is 149 Å². The average Bonchev–Trinajstić information content (AvgIpc) is 3.03. The standard InChI is InChI=1S/C20H26N4O/c1-4-5-10-21-16(3)14-23-11-12-24-19(20(23)25)13-18(22-24)17-8-6-15(2)7-9-17/h6-9,13,21H,3-5,10-12,14H2,1-2H3. The van der Waals surface area contributed by atoms with Gasteiger partial charge in [-0.05, 0) is 19.4 Å². The van der Waals surface area contributed by atoms with Crippen LogP contribution < -0.4 is 5.32 Å². The minimum absolute atomic E-state index is 0.0237. The summed E-state index contributed by atoms with van der Waals surface area (Å²) in [6.45, 7) is 11.1. The van der Waals surface area contributed by atoms with Crippen molar-refractivity contribution in [2.75, 3.05) is 19.6 Å². The smallest absolute Gasteiger partial charge is 0.272 e. The fourth-order valence-electron chi connectivity index (χ4n) is 2.98. The molecule has 0 bridgehead atoms. The number of hydrogen-bond donors (Lipinski definition) is 1. The minimum Gasteiger partial charge on any atom is -0.387 e. The van der Waals surface area contributed by atoms with Crippen LogP contribution in [0.1, 0.15) is 35.8 Å². The highest BCUT2D eigenvalue weighted by Gasteiger charge is 2.26. The zero-order chi connectivity index (χ0) is 17.8. The van der Waals surface area contributed by atoms with Crippen molar-refractivity contribution in [3.63, 3.8) is 0 Å². The van der Waals surface area contributed by atoms with Gasteiger partial charge in [0.2, 0.25) is 0 Å². The first kappa shape index (κ1) is 17.3. The van der Waals surface area contributed by atoms with Gasteiger partial charge in [0.1, 0.15) is 5.69 Å². The van der Waals surface area contributed by atoms with E-state index in [-0.39, 0.29) is 5.91 Å². The lowest BCUT2D eigenvalue weighted by atomic mass is 10.1. The molecule has 5 nitrogen and oxygen atoms in total. The van der Waals surface area contributed by atoms with Crippen LogP contribution in [0.5, 0.6) is 0 Å². The first-order valence-corrected chi connectivity index (χ1v) is 8.94. The number of nitrogens with one attached hydrogen (secondary N) is 1. The predicted molar refractivity (Wildman–Crippen MR) is 100 cm³/mol. The molecule has 0 saturated heterocycles. The summed E-state index contributed by atoms with van der Waals surface area (Å²) < 4.78 is 1.82. The second-order valence-corrected chi connectivity index (χ2v) is 6.61. The number of carbonyl (C=O) groups is 1. The SMILES string of the molecule is C=C(CN1CCn2nc(-c3ccc(C)cc3)cc2C1=O)NCCCC. The first-order chi connectivity index (χ1) is 12.1. The third-order valence-corrected chi connectivity index (χ3v) is 4.50. The van der Waals surface area contributed by atoms with Gasteiger partial charge < -0.3 is 10.2 Å². The molecule has 0 unspecified atom stereocenters. The zero-order valence-corrected chi connectivity index (χ0v) is 15.1. The number of aryl methyl sites for hydroxylation is 1. The van der Waals surface area contributed by atoms with Crippen LogP contribution >= 0.6 is 0 Å². The molecule has 0 radical (unpaired) electrons. The van der Waals surface area contributed by atoms with E-state index in [4.69, 9.17) is 0 Å². The molecule has 2 aromatic rings. The monoisotopic (exact) mass is 338 g/mol. The normalized spacial score (nSPS) is 13.7. The Morgan fingerprint density at radius 2 is 2.04 bits per heavy atom. The maximum absolute atomic E-state index is 12.8. The van der Waals surface area contributed by atoms with E-state index in [1.165, 1.54) is 5.56 Å². The van der Waals surface area contributed by atoms with E-state index in [1.807, 2.05) is 27.8 Å². The van der Waals surface area contributed by atoms with Gasteiger partial charge in [-0.25, -0.2) is 0 Å². The zero-order valence-electron chi connectivity index (χ0n) is 15.1. The Bertz CT molecular complexity index is 761. The average molecular weight is 338 g/mol. The van der Waals surface area contributed by atoms with Crippen LogP contribution in [-0.2, 0) is 6.54 Å². The molecule has 3 rings (SSSR count). The molecular weight excluding hydrogens is 312 g/mol. The maximum Gasteiger partial charge on any atom is 0.272 e. The quantitative estimate of drug-likeness (QED) is 0.789. The lowest BCUT2D eigenvalue weighted by Gasteiger charge is -2.28. The van der Waals surface area contributed by atoms with Gasteiger partial charge in [0.15, 0.2) is 0 Å². The molecule has 1 aliphatic rings. The van der Waals surface area contributed by atoms with E-state index in [0.717, 1.165) is 42.9 Å². The van der Waals surface area contributed by atoms with E-state index in [9.17, 15) is 4.79 Å². The molecule has 1 aromatic carbocycles. The van der Waals surface area contributed by atoms with E-state index >= 15 is 0 Å². The number of rotatable bonds is 7. The highest BCUT2D eigenvalue weighted by atomic mass is 16.2. The summed E-state index contributed by atoms with van der Waals surface area (Å²) in [5.74, 6) is 0.0237. The summed E-state index contributed by atoms with van der Waals surface area (Å²) in [6.07, 6.45) is 2.25. The lowest BCUT2D eigenvalue weighted by Crippen LogP contribution is -2.42. The second-order valence-electron chi connectivity index (χ2n) is 6.61. The summed E-state index contributed by atoms with van der Waals surface area (Å²) in [5.41, 5.74) is 4.66. The Kier molecular flexibility index (Phi) is 5.22. The second kappa shape index (κ2) is 7.55. The molecule has 0 aliphatic carbocycles. The van der Waals surface area contributed by atoms with Crippen LogP contribution in [0.15, 0.2) is 42.6 Å². The summed E-state index contributed by atoms with van der Waals surface area (Å²) in [6, 6.07) is 10.1. The van der Waals surface area contributed by atoms with Crippen LogP contribution in [0.3, 0.4) is 0 Å². The topological polar surface area (TPSA) is 50.2 Å². The molecule has 2 heterocycles. The highest BCUT2D eigenvalue weighted by molar-refractivity contribution is 5.94. The van der Waals surface area contributed by atoms with E-state index in [1.54, 1.807) is 0 Å². The van der Waals surface area contributed by atoms with Crippen molar-refractivity contribution in [1.82, 2.24) is 20.0 Å². The Hall–Kier alpha value is -2.56. The number of carbonyl (C=O) groups excluding carboxylic acids is 1. The number of benzene rings is 1. The fraction of sp³-hybridized carbons (Fsp3) is 0.400. The maximum atomic E-state index is 12.8. The van der Waals surface area contributed by atoms with Crippen molar-refractivity contribution in [1.29, 1.82) is 0 Å². The van der Waals surface area contributed by atoms with E-state index in [2.05, 4.69) is 43.0 Å². The minimum atomic E-state index is 0.0237. The number of unbranched alkanes of at least 4 members (excludes halogenated alkanes) is 1. The molecule has 1 aliphatic heterocycles. The number of aromatic nitrogens is 2. The van der Waals surface area contributed by atoms with E-state index in [0.29, 0.717) is 18.8 Å². The number of amides is 1. The van der Waals surface area contributed by atoms with Crippen molar-refractivity contribution in [3.8, 4) is 11.3 Å². The van der Waals surface area contributed by atoms with Crippen LogP contribution in [-0.4, -0.2) is 40.2 Å². The fourth-order valence-corrected chi connectivity index (χ4v) is 2.98. The van der Waals surface area contributed by atoms with Crippen LogP contribution in [0.25, 0.3) is 11.3 Å². The number of fused-ring (bicyclic) bond motifs is 1. The van der Waals surface area contributed by atoms with Crippen LogP contribution in [0.4, 0.5) is 0 Å². The van der Waals surface area contributed by atoms with Crippen molar-refractivity contribution in [2.24, 2.45) is 0 Å². The summed E-state index contributed by atoms with van der Waals surface area (Å²) in [4.78, 5) is 14.6. The molecule has 1 N–H and O–H groups in total. The van der Waals surface area contributed by atoms with Gasteiger partial charge >= 0.3 is 0 Å². The molecule has 132 valence electrons. The molecule has 0 spiro atoms. The summed E-state index contributed by atoms with van der Waals surface area (Å²) >= 11 is 0. The van der Waals surface area contributed by atoms with Gasteiger partial charge in [0.25, 0.3) is 5.91 Å². The van der Waals surface area contributed by atoms with Gasteiger partial charge in [-0.3, -0.25) is 9.48 Å². The largest absolute Gasteiger partial charge is 0.387 e. The van der Waals surface area contributed by atoms with Gasteiger partial charge in [0, 0.05) is 24.4 Å². The van der Waals surface area contributed by atoms with Crippen molar-refractivity contribution >= 4 is 5.91 Å². The molecule has 0 saturated carbocycles. The Balaban J connectivity index is 1.70. The molecule has 1 amide bonds. The molecule has 25 heavy (non-hydrogen) atoms. The van der Waals surface area contributed by atoms with Gasteiger partial charge in [-0.2, -0.15) is 5.10 Å². The van der Waals surface area contributed by atoms with Crippen molar-refractivity contribution in [3.05, 3.63) is 53.9 Å². The predicted octanol–water partition coefficient (Wildman–Crippen LogP) is 3.22. The van der Waals surface area contributed by atoms with Crippen molar-refractivity contribution < 1.29 is 4.79 Å². The summed E-state index contributed by atoms with van der Waals surface area (Å²) in [5, 5.41) is 7.91. The molecule has 5 heteroatoms. The van der Waals surface area contributed by atoms with Crippen LogP contribution in [0.2, 0.25) is 0 Å². The molecular formula is C20H26N4O. The summed E-state index contributed by atoms with van der Waals surface area (Å²) in [7, 11) is 0. The third-order valence-electron chi connectivity index (χ3n) is 4.50. The van der Waals surface area contributed by atoms with Crippen molar-refractivity contribution in [2.45, 2.75) is 33.2 Å². The van der Waals surface area contributed by atoms with Gasteiger partial charge in [-0.1, -0.05) is 49.8 Å². The lowest BCUT2D eigenvalue weighted by molar-refractivity contribution is 0.0711. The van der Waals surface area contributed by atoms with Crippen LogP contribution in [0, 0.1) is 6.92 Å². The third kappa shape index (κ3) is 3.92.